The summed E-state index contributed by atoms with van der Waals surface area (Å²) >= 11 is 5.97. The molecule has 1 heterocycles. The summed E-state index contributed by atoms with van der Waals surface area (Å²) in [4.78, 5) is 38.9. The van der Waals surface area contributed by atoms with E-state index in [1.54, 1.807) is 55.6 Å². The van der Waals surface area contributed by atoms with Crippen molar-refractivity contribution >= 4 is 40.8 Å². The zero-order valence-corrected chi connectivity index (χ0v) is 21.0. The third kappa shape index (κ3) is 6.31. The molecule has 0 radical (unpaired) electrons. The lowest BCUT2D eigenvalue weighted by Crippen LogP contribution is -2.28. The highest BCUT2D eigenvalue weighted by Crippen LogP contribution is 2.33. The Morgan fingerprint density at radius 2 is 1.68 bits per heavy atom. The number of anilines is 2. The van der Waals surface area contributed by atoms with Gasteiger partial charge in [0.05, 0.1) is 25.8 Å². The van der Waals surface area contributed by atoms with Crippen molar-refractivity contribution in [2.75, 3.05) is 37.6 Å². The summed E-state index contributed by atoms with van der Waals surface area (Å²) in [6.45, 7) is -0.359. The monoisotopic (exact) mass is 524 g/mol. The first kappa shape index (κ1) is 25.8. The SMILES string of the molecule is COc1ccc(Cl)cc1NC(=O)COC(=O)[C@@H]1CC(=O)N(c2ccc(Oc3ccccc3OC)cc2)C1. The van der Waals surface area contributed by atoms with Crippen LogP contribution in [0.15, 0.2) is 66.7 Å². The predicted molar refractivity (Wildman–Crippen MR) is 138 cm³/mol. The van der Waals surface area contributed by atoms with Gasteiger partial charge in [-0.25, -0.2) is 0 Å². The normalized spacial score (nSPS) is 14.7. The number of nitrogens with one attached hydrogen (secondary N) is 1. The van der Waals surface area contributed by atoms with Crippen LogP contribution >= 0.6 is 11.6 Å². The van der Waals surface area contributed by atoms with Gasteiger partial charge in [0.1, 0.15) is 11.5 Å². The van der Waals surface area contributed by atoms with Gasteiger partial charge in [0.2, 0.25) is 5.91 Å². The fraction of sp³-hybridized carbons (Fsp3) is 0.222. The number of amides is 2. The molecule has 1 aliphatic rings. The molecule has 1 aliphatic heterocycles. The van der Waals surface area contributed by atoms with Gasteiger partial charge >= 0.3 is 5.97 Å². The Kier molecular flexibility index (Phi) is 8.15. The highest BCUT2D eigenvalue weighted by atomic mass is 35.5. The zero-order valence-electron chi connectivity index (χ0n) is 20.2. The molecular weight excluding hydrogens is 500 g/mol. The second kappa shape index (κ2) is 11.7. The molecule has 1 saturated heterocycles. The van der Waals surface area contributed by atoms with Gasteiger partial charge in [-0.1, -0.05) is 23.7 Å². The van der Waals surface area contributed by atoms with Crippen LogP contribution < -0.4 is 24.4 Å². The van der Waals surface area contributed by atoms with Gasteiger partial charge < -0.3 is 29.2 Å². The molecule has 0 bridgehead atoms. The highest BCUT2D eigenvalue weighted by molar-refractivity contribution is 6.31. The summed E-state index contributed by atoms with van der Waals surface area (Å²) < 4.78 is 21.5. The number of hydrogen-bond donors (Lipinski definition) is 1. The van der Waals surface area contributed by atoms with Crippen LogP contribution in [0.3, 0.4) is 0 Å². The smallest absolute Gasteiger partial charge is 0.311 e. The average molecular weight is 525 g/mol. The van der Waals surface area contributed by atoms with E-state index in [2.05, 4.69) is 5.32 Å². The molecule has 2 amide bonds. The summed E-state index contributed by atoms with van der Waals surface area (Å²) in [6, 6.07) is 19.0. The van der Waals surface area contributed by atoms with Crippen LogP contribution in [-0.2, 0) is 19.1 Å². The van der Waals surface area contributed by atoms with Gasteiger partial charge in [0.15, 0.2) is 18.1 Å². The number of rotatable bonds is 9. The number of carbonyl (C=O) groups excluding carboxylic acids is 3. The van der Waals surface area contributed by atoms with Crippen molar-refractivity contribution in [3.63, 3.8) is 0 Å². The second-order valence-corrected chi connectivity index (χ2v) is 8.59. The van der Waals surface area contributed by atoms with Crippen molar-refractivity contribution in [3.05, 3.63) is 71.8 Å². The Labute approximate surface area is 218 Å². The van der Waals surface area contributed by atoms with E-state index in [0.29, 0.717) is 39.4 Å². The molecule has 10 heteroatoms. The first-order chi connectivity index (χ1) is 17.9. The average Bonchev–Trinajstić information content (AvgIpc) is 3.30. The number of methoxy groups -OCH3 is 2. The Balaban J connectivity index is 1.31. The van der Waals surface area contributed by atoms with E-state index in [-0.39, 0.29) is 18.9 Å². The van der Waals surface area contributed by atoms with Crippen LogP contribution in [0.2, 0.25) is 5.02 Å². The third-order valence-corrected chi connectivity index (χ3v) is 5.92. The fourth-order valence-electron chi connectivity index (χ4n) is 3.86. The van der Waals surface area contributed by atoms with Gasteiger partial charge in [-0.3, -0.25) is 14.4 Å². The molecule has 4 rings (SSSR count). The molecule has 0 unspecified atom stereocenters. The lowest BCUT2D eigenvalue weighted by Gasteiger charge is -2.17. The molecule has 0 saturated carbocycles. The van der Waals surface area contributed by atoms with E-state index in [0.717, 1.165) is 0 Å². The Morgan fingerprint density at radius 3 is 2.38 bits per heavy atom. The van der Waals surface area contributed by atoms with Gasteiger partial charge in [-0.05, 0) is 54.6 Å². The molecule has 3 aromatic carbocycles. The van der Waals surface area contributed by atoms with Crippen LogP contribution in [0.4, 0.5) is 11.4 Å². The number of esters is 1. The summed E-state index contributed by atoms with van der Waals surface area (Å²) in [5.41, 5.74) is 0.981. The molecule has 0 aliphatic carbocycles. The number of para-hydroxylation sites is 2. The zero-order chi connectivity index (χ0) is 26.4. The molecule has 1 N–H and O–H groups in total. The molecule has 0 aromatic heterocycles. The lowest BCUT2D eigenvalue weighted by molar-refractivity contribution is -0.151. The number of nitrogens with zero attached hydrogens (tertiary/aromatic N) is 1. The largest absolute Gasteiger partial charge is 0.495 e. The first-order valence-corrected chi connectivity index (χ1v) is 11.8. The first-order valence-electron chi connectivity index (χ1n) is 11.4. The summed E-state index contributed by atoms with van der Waals surface area (Å²) in [5.74, 6) is 0.0669. The van der Waals surface area contributed by atoms with E-state index >= 15 is 0 Å². The minimum atomic E-state index is -0.689. The molecule has 9 nitrogen and oxygen atoms in total. The van der Waals surface area contributed by atoms with Crippen LogP contribution in [0.5, 0.6) is 23.0 Å². The van der Waals surface area contributed by atoms with Gasteiger partial charge in [-0.15, -0.1) is 0 Å². The van der Waals surface area contributed by atoms with E-state index in [1.165, 1.54) is 18.1 Å². The summed E-state index contributed by atoms with van der Waals surface area (Å²) in [6.07, 6.45) is -0.0119. The van der Waals surface area contributed by atoms with E-state index in [9.17, 15) is 14.4 Å². The molecule has 192 valence electrons. The van der Waals surface area contributed by atoms with E-state index < -0.39 is 24.4 Å². The molecule has 3 aromatic rings. The number of hydrogen-bond acceptors (Lipinski definition) is 7. The van der Waals surface area contributed by atoms with Crippen LogP contribution in [-0.4, -0.2) is 45.2 Å². The number of halogens is 1. The van der Waals surface area contributed by atoms with Crippen molar-refractivity contribution in [3.8, 4) is 23.0 Å². The maximum Gasteiger partial charge on any atom is 0.311 e. The van der Waals surface area contributed by atoms with Crippen molar-refractivity contribution < 1.29 is 33.3 Å². The lowest BCUT2D eigenvalue weighted by atomic mass is 10.1. The fourth-order valence-corrected chi connectivity index (χ4v) is 4.03. The Bertz CT molecular complexity index is 1300. The third-order valence-electron chi connectivity index (χ3n) is 5.68. The molecule has 37 heavy (non-hydrogen) atoms. The number of benzene rings is 3. The minimum absolute atomic E-state index is 0.0119. The van der Waals surface area contributed by atoms with Crippen LogP contribution in [0.25, 0.3) is 0 Å². The van der Waals surface area contributed by atoms with Gasteiger partial charge in [0, 0.05) is 23.7 Å². The van der Waals surface area contributed by atoms with Crippen molar-refractivity contribution in [1.82, 2.24) is 0 Å². The maximum atomic E-state index is 12.6. The quantitative estimate of drug-likeness (QED) is 0.405. The molecule has 1 atom stereocenters. The topological polar surface area (TPSA) is 103 Å². The van der Waals surface area contributed by atoms with Crippen molar-refractivity contribution in [1.29, 1.82) is 0 Å². The minimum Gasteiger partial charge on any atom is -0.495 e. The Hall–Kier alpha value is -4.24. The standard InChI is InChI=1S/C27H25ClN2O7/c1-34-22-12-7-18(28)14-21(22)29-25(31)16-36-27(33)17-13-26(32)30(15-17)19-8-10-20(11-9-19)37-24-6-4-3-5-23(24)35-2/h3-12,14,17H,13,15-16H2,1-2H3,(H,29,31)/t17-/m1/s1. The maximum absolute atomic E-state index is 12.6. The Morgan fingerprint density at radius 1 is 0.973 bits per heavy atom. The summed E-state index contributed by atoms with van der Waals surface area (Å²) in [5, 5.41) is 3.01. The van der Waals surface area contributed by atoms with Crippen molar-refractivity contribution in [2.24, 2.45) is 5.92 Å². The molecule has 0 spiro atoms. The van der Waals surface area contributed by atoms with E-state index in [4.69, 9.17) is 30.5 Å². The molecule has 1 fully saturated rings. The second-order valence-electron chi connectivity index (χ2n) is 8.15. The van der Waals surface area contributed by atoms with E-state index in [1.807, 2.05) is 12.1 Å². The van der Waals surface area contributed by atoms with Crippen LogP contribution in [0.1, 0.15) is 6.42 Å². The van der Waals surface area contributed by atoms with Crippen molar-refractivity contribution in [2.45, 2.75) is 6.42 Å². The predicted octanol–water partition coefficient (Wildman–Crippen LogP) is 4.68. The van der Waals surface area contributed by atoms with Crippen LogP contribution in [0, 0.1) is 5.92 Å². The van der Waals surface area contributed by atoms with Gasteiger partial charge in [0.25, 0.3) is 5.91 Å². The van der Waals surface area contributed by atoms with Gasteiger partial charge in [-0.2, -0.15) is 0 Å². The number of ether oxygens (including phenoxy) is 4. The number of carbonyl (C=O) groups is 3. The summed E-state index contributed by atoms with van der Waals surface area (Å²) in [7, 11) is 3.03. The molecular formula is C27H25ClN2O7. The highest BCUT2D eigenvalue weighted by Gasteiger charge is 2.36.